The van der Waals surface area contributed by atoms with Gasteiger partial charge in [-0.3, -0.25) is 0 Å². The molecular weight excluding hydrogens is 240 g/mol. The van der Waals surface area contributed by atoms with Crippen molar-refractivity contribution in [3.63, 3.8) is 0 Å². The van der Waals surface area contributed by atoms with E-state index in [2.05, 4.69) is 37.4 Å². The lowest BCUT2D eigenvalue weighted by Crippen LogP contribution is -2.46. The smallest absolute Gasteiger partial charge is 0.0226 e. The molecule has 4 heteroatoms. The fourth-order valence-electron chi connectivity index (χ4n) is 2.27. The summed E-state index contributed by atoms with van der Waals surface area (Å²) >= 11 is 2.11. The molecule has 0 spiro atoms. The molecule has 0 saturated carbocycles. The Kier molecular flexibility index (Phi) is 8.08. The summed E-state index contributed by atoms with van der Waals surface area (Å²) in [5.74, 6) is 1.24. The molecule has 0 aliphatic carbocycles. The van der Waals surface area contributed by atoms with Crippen LogP contribution in [0.5, 0.6) is 0 Å². The number of hydrogen-bond donors (Lipinski definition) is 1. The number of rotatable bonds is 4. The highest BCUT2D eigenvalue weighted by Gasteiger charge is 2.22. The third-order valence-corrected chi connectivity index (χ3v) is 3.94. The molecule has 1 saturated heterocycles. The number of nitrogens with two attached hydrogens (primary N) is 1. The first-order valence-corrected chi connectivity index (χ1v) is 7.19. The third-order valence-electron chi connectivity index (χ3n) is 2.75. The van der Waals surface area contributed by atoms with Gasteiger partial charge in [-0.15, -0.1) is 12.4 Å². The van der Waals surface area contributed by atoms with Crippen molar-refractivity contribution in [2.75, 3.05) is 25.4 Å². The van der Waals surface area contributed by atoms with Crippen molar-refractivity contribution in [2.45, 2.75) is 50.8 Å². The molecule has 0 aromatic carbocycles. The molecule has 2 nitrogen and oxygen atoms in total. The van der Waals surface area contributed by atoms with Gasteiger partial charge in [0.1, 0.15) is 0 Å². The first-order valence-electron chi connectivity index (χ1n) is 6.14. The molecule has 1 unspecified atom stereocenters. The van der Waals surface area contributed by atoms with E-state index in [-0.39, 0.29) is 17.9 Å². The van der Waals surface area contributed by atoms with Crippen molar-refractivity contribution in [1.82, 2.24) is 4.90 Å². The van der Waals surface area contributed by atoms with E-state index in [1.54, 1.807) is 0 Å². The molecule has 0 radical (unpaired) electrons. The highest BCUT2D eigenvalue weighted by atomic mass is 35.5. The van der Waals surface area contributed by atoms with Crippen LogP contribution in [0.4, 0.5) is 0 Å². The molecule has 1 aliphatic heterocycles. The van der Waals surface area contributed by atoms with Crippen molar-refractivity contribution >= 4 is 24.2 Å². The molecule has 16 heavy (non-hydrogen) atoms. The Labute approximate surface area is 111 Å². The van der Waals surface area contributed by atoms with Crippen LogP contribution in [0, 0.1) is 0 Å². The quantitative estimate of drug-likeness (QED) is 0.849. The highest BCUT2D eigenvalue weighted by Crippen LogP contribution is 2.22. The number of thioether (sulfide) groups is 1. The molecule has 0 amide bonds. The van der Waals surface area contributed by atoms with Crippen LogP contribution in [0.2, 0.25) is 0 Å². The van der Waals surface area contributed by atoms with Gasteiger partial charge < -0.3 is 10.6 Å². The standard InChI is InChI=1S/C12H26N2S.ClH/c1-4-15-11-7-5-6-8-14(9-11)10-12(2,3)13;/h11H,4-10,13H2,1-3H3;1H. The number of hydrogen-bond acceptors (Lipinski definition) is 3. The molecule has 1 aliphatic rings. The maximum Gasteiger partial charge on any atom is 0.0226 e. The molecular formula is C12H27ClN2S. The van der Waals surface area contributed by atoms with E-state index in [0.29, 0.717) is 0 Å². The first-order chi connectivity index (χ1) is 7.01. The van der Waals surface area contributed by atoms with E-state index < -0.39 is 0 Å². The van der Waals surface area contributed by atoms with Gasteiger partial charge in [0.25, 0.3) is 0 Å². The monoisotopic (exact) mass is 266 g/mol. The lowest BCUT2D eigenvalue weighted by Gasteiger charge is -2.30. The van der Waals surface area contributed by atoms with Crippen molar-refractivity contribution in [3.8, 4) is 0 Å². The molecule has 1 rings (SSSR count). The van der Waals surface area contributed by atoms with Crippen LogP contribution < -0.4 is 5.73 Å². The second-order valence-electron chi connectivity index (χ2n) is 5.30. The van der Waals surface area contributed by atoms with Crippen LogP contribution in [0.3, 0.4) is 0 Å². The zero-order valence-corrected chi connectivity index (χ0v) is 12.5. The summed E-state index contributed by atoms with van der Waals surface area (Å²) in [5, 5.41) is 0.833. The maximum atomic E-state index is 6.09. The average Bonchev–Trinajstić information content (AvgIpc) is 2.28. The van der Waals surface area contributed by atoms with Gasteiger partial charge in [0, 0.05) is 23.9 Å². The summed E-state index contributed by atoms with van der Waals surface area (Å²) in [5.41, 5.74) is 6.04. The fraction of sp³-hybridized carbons (Fsp3) is 1.00. The van der Waals surface area contributed by atoms with E-state index in [4.69, 9.17) is 5.73 Å². The van der Waals surface area contributed by atoms with Crippen LogP contribution in [0.1, 0.15) is 40.0 Å². The van der Waals surface area contributed by atoms with E-state index in [1.165, 1.54) is 38.1 Å². The summed E-state index contributed by atoms with van der Waals surface area (Å²) in [6.07, 6.45) is 4.12. The summed E-state index contributed by atoms with van der Waals surface area (Å²) < 4.78 is 0. The molecule has 98 valence electrons. The van der Waals surface area contributed by atoms with E-state index in [0.717, 1.165) is 11.8 Å². The Morgan fingerprint density at radius 3 is 2.62 bits per heavy atom. The Hall–Kier alpha value is 0.560. The van der Waals surface area contributed by atoms with Gasteiger partial charge in [0.05, 0.1) is 0 Å². The molecule has 2 N–H and O–H groups in total. The fourth-order valence-corrected chi connectivity index (χ4v) is 3.39. The van der Waals surface area contributed by atoms with Crippen molar-refractivity contribution < 1.29 is 0 Å². The van der Waals surface area contributed by atoms with Gasteiger partial charge in [-0.05, 0) is 39.0 Å². The van der Waals surface area contributed by atoms with Crippen LogP contribution in [-0.4, -0.2) is 41.1 Å². The minimum Gasteiger partial charge on any atom is -0.324 e. The van der Waals surface area contributed by atoms with Crippen LogP contribution >= 0.6 is 24.2 Å². The number of halogens is 1. The van der Waals surface area contributed by atoms with Gasteiger partial charge in [0.15, 0.2) is 0 Å². The van der Waals surface area contributed by atoms with E-state index in [1.807, 2.05) is 0 Å². The number of nitrogens with zero attached hydrogens (tertiary/aromatic N) is 1. The minimum atomic E-state index is -0.0498. The Bertz CT molecular complexity index is 182. The predicted octanol–water partition coefficient (Wildman–Crippen LogP) is 2.75. The van der Waals surface area contributed by atoms with Gasteiger partial charge in [-0.25, -0.2) is 0 Å². The normalized spacial score (nSPS) is 23.6. The molecule has 0 aromatic heterocycles. The second kappa shape index (κ2) is 7.80. The third kappa shape index (κ3) is 7.00. The van der Waals surface area contributed by atoms with Crippen molar-refractivity contribution in [3.05, 3.63) is 0 Å². The summed E-state index contributed by atoms with van der Waals surface area (Å²) in [6.45, 7) is 10.0. The zero-order chi connectivity index (χ0) is 11.3. The Morgan fingerprint density at radius 2 is 2.06 bits per heavy atom. The first kappa shape index (κ1) is 16.6. The minimum absolute atomic E-state index is 0. The lowest BCUT2D eigenvalue weighted by molar-refractivity contribution is 0.235. The molecule has 1 atom stereocenters. The van der Waals surface area contributed by atoms with Crippen molar-refractivity contribution in [2.24, 2.45) is 5.73 Å². The summed E-state index contributed by atoms with van der Waals surface area (Å²) in [6, 6.07) is 0. The molecule has 0 bridgehead atoms. The average molecular weight is 267 g/mol. The maximum absolute atomic E-state index is 6.09. The SMILES string of the molecule is CCSC1CCCCN(CC(C)(C)N)C1.Cl. The van der Waals surface area contributed by atoms with E-state index in [9.17, 15) is 0 Å². The largest absolute Gasteiger partial charge is 0.324 e. The van der Waals surface area contributed by atoms with Gasteiger partial charge in [-0.2, -0.15) is 11.8 Å². The van der Waals surface area contributed by atoms with Gasteiger partial charge >= 0.3 is 0 Å². The molecule has 1 heterocycles. The van der Waals surface area contributed by atoms with Gasteiger partial charge in [0.2, 0.25) is 0 Å². The lowest BCUT2D eigenvalue weighted by atomic mass is 10.1. The Morgan fingerprint density at radius 1 is 1.38 bits per heavy atom. The van der Waals surface area contributed by atoms with Gasteiger partial charge in [-0.1, -0.05) is 13.3 Å². The van der Waals surface area contributed by atoms with E-state index >= 15 is 0 Å². The zero-order valence-electron chi connectivity index (χ0n) is 10.9. The summed E-state index contributed by atoms with van der Waals surface area (Å²) in [7, 11) is 0. The highest BCUT2D eigenvalue weighted by molar-refractivity contribution is 7.99. The van der Waals surface area contributed by atoms with Crippen molar-refractivity contribution in [1.29, 1.82) is 0 Å². The van der Waals surface area contributed by atoms with Crippen LogP contribution in [0.15, 0.2) is 0 Å². The predicted molar refractivity (Wildman–Crippen MR) is 77.7 cm³/mol. The molecule has 0 aromatic rings. The number of likely N-dealkylation sites (tertiary alicyclic amines) is 1. The summed E-state index contributed by atoms with van der Waals surface area (Å²) in [4.78, 5) is 2.56. The van der Waals surface area contributed by atoms with Crippen LogP contribution in [0.25, 0.3) is 0 Å². The Balaban J connectivity index is 0.00000225. The van der Waals surface area contributed by atoms with Crippen LogP contribution in [-0.2, 0) is 0 Å². The second-order valence-corrected chi connectivity index (χ2v) is 6.87. The topological polar surface area (TPSA) is 29.3 Å². The molecule has 1 fully saturated rings.